The Hall–Kier alpha value is -0.740. The number of rotatable bonds is 3. The highest BCUT2D eigenvalue weighted by Crippen LogP contribution is 2.31. The quantitative estimate of drug-likeness (QED) is 0.589. The molecule has 0 saturated carbocycles. The molecule has 0 nitrogen and oxygen atoms in total. The van der Waals surface area contributed by atoms with Crippen LogP contribution in [0.15, 0.2) is 40.9 Å². The van der Waals surface area contributed by atoms with Gasteiger partial charge in [0.15, 0.2) is 0 Å². The number of hydrogen-bond donors (Lipinski definition) is 0. The summed E-state index contributed by atoms with van der Waals surface area (Å²) in [7, 11) is 0. The van der Waals surface area contributed by atoms with E-state index in [4.69, 9.17) is 0 Å². The van der Waals surface area contributed by atoms with Gasteiger partial charge >= 0.3 is 0 Å². The SMILES string of the molecule is Cc1ccc(C(Br)Cc2c(F)cccc2F)cc1Br. The lowest BCUT2D eigenvalue weighted by molar-refractivity contribution is 0.554. The Balaban J connectivity index is 2.25. The van der Waals surface area contributed by atoms with Gasteiger partial charge in [0.05, 0.1) is 0 Å². The minimum atomic E-state index is -0.504. The van der Waals surface area contributed by atoms with Crippen molar-refractivity contribution in [1.29, 1.82) is 0 Å². The fraction of sp³-hybridized carbons (Fsp3) is 0.200. The maximum Gasteiger partial charge on any atom is 0.129 e. The van der Waals surface area contributed by atoms with E-state index in [0.29, 0.717) is 0 Å². The Kier molecular flexibility index (Phi) is 4.74. The minimum absolute atomic E-state index is 0.112. The molecule has 0 heterocycles. The molecule has 0 radical (unpaired) electrons. The van der Waals surface area contributed by atoms with Crippen LogP contribution in [0.25, 0.3) is 0 Å². The monoisotopic (exact) mass is 388 g/mol. The number of alkyl halides is 1. The molecule has 2 aromatic carbocycles. The van der Waals surface area contributed by atoms with Crippen LogP contribution in [0.2, 0.25) is 0 Å². The first kappa shape index (κ1) is 14.7. The van der Waals surface area contributed by atoms with Crippen molar-refractivity contribution in [2.75, 3.05) is 0 Å². The molecule has 0 aliphatic heterocycles. The van der Waals surface area contributed by atoms with Crippen LogP contribution in [0.3, 0.4) is 0 Å². The maximum absolute atomic E-state index is 13.6. The minimum Gasteiger partial charge on any atom is -0.207 e. The maximum atomic E-state index is 13.6. The van der Waals surface area contributed by atoms with Crippen LogP contribution in [-0.4, -0.2) is 0 Å². The van der Waals surface area contributed by atoms with E-state index in [9.17, 15) is 8.78 Å². The predicted octanol–water partition coefficient (Wildman–Crippen LogP) is 5.71. The van der Waals surface area contributed by atoms with Crippen molar-refractivity contribution in [2.45, 2.75) is 18.2 Å². The molecule has 19 heavy (non-hydrogen) atoms. The second-order valence-corrected chi connectivity index (χ2v) is 6.34. The van der Waals surface area contributed by atoms with E-state index < -0.39 is 11.6 Å². The summed E-state index contributed by atoms with van der Waals surface area (Å²) in [6.07, 6.45) is 0.272. The molecule has 0 spiro atoms. The standard InChI is InChI=1S/C15H12Br2F2/c1-9-5-6-10(7-12(9)16)13(17)8-11-14(18)3-2-4-15(11)19/h2-7,13H,8H2,1H3. The Labute approximate surface area is 128 Å². The second kappa shape index (κ2) is 6.14. The first-order valence-corrected chi connectivity index (χ1v) is 7.53. The Morgan fingerprint density at radius 1 is 1.11 bits per heavy atom. The first-order chi connectivity index (χ1) is 8.99. The van der Waals surface area contributed by atoms with Crippen LogP contribution in [0.4, 0.5) is 8.78 Å². The smallest absolute Gasteiger partial charge is 0.129 e. The highest BCUT2D eigenvalue weighted by atomic mass is 79.9. The van der Waals surface area contributed by atoms with E-state index in [0.717, 1.165) is 15.6 Å². The third-order valence-corrected chi connectivity index (χ3v) is 4.71. The van der Waals surface area contributed by atoms with Crippen molar-refractivity contribution in [3.8, 4) is 0 Å². The lowest BCUT2D eigenvalue weighted by atomic mass is 10.0. The number of benzene rings is 2. The van der Waals surface area contributed by atoms with Gasteiger partial charge in [-0.3, -0.25) is 0 Å². The summed E-state index contributed by atoms with van der Waals surface area (Å²) in [6.45, 7) is 1.99. The van der Waals surface area contributed by atoms with Gasteiger partial charge in [-0.1, -0.05) is 50.1 Å². The molecule has 0 N–H and O–H groups in total. The van der Waals surface area contributed by atoms with Crippen LogP contribution >= 0.6 is 31.9 Å². The van der Waals surface area contributed by atoms with E-state index >= 15 is 0 Å². The van der Waals surface area contributed by atoms with Crippen molar-refractivity contribution in [2.24, 2.45) is 0 Å². The van der Waals surface area contributed by atoms with E-state index in [1.807, 2.05) is 25.1 Å². The Morgan fingerprint density at radius 3 is 2.32 bits per heavy atom. The fourth-order valence-corrected chi connectivity index (χ4v) is 2.83. The zero-order chi connectivity index (χ0) is 14.0. The molecule has 2 rings (SSSR count). The van der Waals surface area contributed by atoms with Gasteiger partial charge in [0.2, 0.25) is 0 Å². The summed E-state index contributed by atoms with van der Waals surface area (Å²) in [6, 6.07) is 9.84. The van der Waals surface area contributed by atoms with Crippen LogP contribution in [-0.2, 0) is 6.42 Å². The summed E-state index contributed by atoms with van der Waals surface area (Å²) in [5, 5.41) is 0. The van der Waals surface area contributed by atoms with E-state index in [-0.39, 0.29) is 16.8 Å². The summed E-state index contributed by atoms with van der Waals surface area (Å²) in [5.41, 5.74) is 2.22. The molecule has 2 aromatic rings. The van der Waals surface area contributed by atoms with Crippen molar-refractivity contribution in [3.05, 3.63) is 69.2 Å². The van der Waals surface area contributed by atoms with Gasteiger partial charge in [0, 0.05) is 14.9 Å². The molecule has 0 aliphatic rings. The van der Waals surface area contributed by atoms with Gasteiger partial charge < -0.3 is 0 Å². The van der Waals surface area contributed by atoms with Crippen molar-refractivity contribution in [1.82, 2.24) is 0 Å². The molecule has 4 heteroatoms. The van der Waals surface area contributed by atoms with E-state index in [1.54, 1.807) is 0 Å². The largest absolute Gasteiger partial charge is 0.207 e. The van der Waals surface area contributed by atoms with Gasteiger partial charge in [0.1, 0.15) is 11.6 Å². The van der Waals surface area contributed by atoms with Gasteiger partial charge in [-0.15, -0.1) is 0 Å². The molecule has 0 fully saturated rings. The van der Waals surface area contributed by atoms with Crippen LogP contribution < -0.4 is 0 Å². The topological polar surface area (TPSA) is 0 Å². The van der Waals surface area contributed by atoms with E-state index in [2.05, 4.69) is 31.9 Å². The lowest BCUT2D eigenvalue weighted by Gasteiger charge is -2.13. The molecule has 0 bridgehead atoms. The predicted molar refractivity (Wildman–Crippen MR) is 80.6 cm³/mol. The Morgan fingerprint density at radius 2 is 1.74 bits per heavy atom. The summed E-state index contributed by atoms with van der Waals surface area (Å²) in [4.78, 5) is -0.129. The summed E-state index contributed by atoms with van der Waals surface area (Å²) < 4.78 is 28.2. The zero-order valence-electron chi connectivity index (χ0n) is 10.3. The number of halogens is 4. The molecule has 1 atom stereocenters. The average Bonchev–Trinajstić information content (AvgIpc) is 2.37. The van der Waals surface area contributed by atoms with Gasteiger partial charge in [-0.25, -0.2) is 8.78 Å². The zero-order valence-corrected chi connectivity index (χ0v) is 13.4. The third kappa shape index (κ3) is 3.42. The van der Waals surface area contributed by atoms with Gasteiger partial charge in [-0.2, -0.15) is 0 Å². The molecule has 0 amide bonds. The Bertz CT molecular complexity index is 576. The van der Waals surface area contributed by atoms with Crippen LogP contribution in [0.1, 0.15) is 21.5 Å². The molecule has 100 valence electrons. The molecular formula is C15H12Br2F2. The second-order valence-electron chi connectivity index (χ2n) is 4.38. The van der Waals surface area contributed by atoms with Crippen LogP contribution in [0.5, 0.6) is 0 Å². The van der Waals surface area contributed by atoms with E-state index in [1.165, 1.54) is 18.2 Å². The lowest BCUT2D eigenvalue weighted by Crippen LogP contribution is -2.01. The summed E-state index contributed by atoms with van der Waals surface area (Å²) in [5.74, 6) is -1.01. The highest BCUT2D eigenvalue weighted by Gasteiger charge is 2.15. The number of hydrogen-bond acceptors (Lipinski definition) is 0. The molecule has 0 aromatic heterocycles. The van der Waals surface area contributed by atoms with Gasteiger partial charge in [0.25, 0.3) is 0 Å². The number of aryl methyl sites for hydroxylation is 1. The molecule has 0 saturated heterocycles. The van der Waals surface area contributed by atoms with Crippen LogP contribution in [0, 0.1) is 18.6 Å². The fourth-order valence-electron chi connectivity index (χ4n) is 1.83. The average molecular weight is 390 g/mol. The molecular weight excluding hydrogens is 378 g/mol. The normalized spacial score (nSPS) is 12.5. The highest BCUT2D eigenvalue weighted by molar-refractivity contribution is 9.10. The summed E-state index contributed by atoms with van der Waals surface area (Å²) >= 11 is 6.96. The van der Waals surface area contributed by atoms with Gasteiger partial charge in [-0.05, 0) is 42.7 Å². The van der Waals surface area contributed by atoms with Crippen molar-refractivity contribution >= 4 is 31.9 Å². The molecule has 0 aliphatic carbocycles. The molecule has 1 unspecified atom stereocenters. The third-order valence-electron chi connectivity index (χ3n) is 3.00. The van der Waals surface area contributed by atoms with Crippen molar-refractivity contribution in [3.63, 3.8) is 0 Å². The first-order valence-electron chi connectivity index (χ1n) is 5.82. The van der Waals surface area contributed by atoms with Crippen molar-refractivity contribution < 1.29 is 8.78 Å².